The van der Waals surface area contributed by atoms with Crippen molar-refractivity contribution in [2.24, 2.45) is 5.92 Å². The van der Waals surface area contributed by atoms with Crippen molar-refractivity contribution in [1.82, 2.24) is 4.90 Å². The smallest absolute Gasteiger partial charge is 0.339 e. The van der Waals surface area contributed by atoms with Crippen molar-refractivity contribution >= 4 is 21.8 Å². The summed E-state index contributed by atoms with van der Waals surface area (Å²) in [5.41, 5.74) is 0.887. The van der Waals surface area contributed by atoms with Gasteiger partial charge in [-0.25, -0.2) is 13.6 Å². The van der Waals surface area contributed by atoms with Gasteiger partial charge in [0, 0.05) is 18.8 Å². The van der Waals surface area contributed by atoms with Gasteiger partial charge in [-0.3, -0.25) is 0 Å². The lowest BCUT2D eigenvalue weighted by atomic mass is 10.1. The Hall–Kier alpha value is -3.66. The summed E-state index contributed by atoms with van der Waals surface area (Å²) in [6, 6.07) is 14.0. The van der Waals surface area contributed by atoms with Gasteiger partial charge in [0.25, 0.3) is 0 Å². The molecule has 0 saturated carbocycles. The normalized spacial score (nSPS) is 11.3. The van der Waals surface area contributed by atoms with Crippen LogP contribution >= 0.6 is 0 Å². The van der Waals surface area contributed by atoms with Gasteiger partial charge in [-0.05, 0) is 66.1 Å². The summed E-state index contributed by atoms with van der Waals surface area (Å²) in [6.45, 7) is 4.40. The number of nitrogens with one attached hydrogen (secondary N) is 1. The average molecular weight is 505 g/mol. The Bertz CT molecular complexity index is 1280. The van der Waals surface area contributed by atoms with Gasteiger partial charge in [-0.2, -0.15) is 8.42 Å². The fraction of sp³-hybridized carbons (Fsp3) is 0.240. The van der Waals surface area contributed by atoms with E-state index >= 15 is 0 Å². The van der Waals surface area contributed by atoms with Crippen LogP contribution in [0.4, 0.5) is 19.3 Å². The summed E-state index contributed by atoms with van der Waals surface area (Å²) in [6.07, 6.45) is 0. The van der Waals surface area contributed by atoms with E-state index in [4.69, 9.17) is 8.92 Å². The maximum absolute atomic E-state index is 13.5. The van der Waals surface area contributed by atoms with Crippen LogP contribution in [0, 0.1) is 17.6 Å². The Morgan fingerprint density at radius 3 is 2.31 bits per heavy atom. The molecule has 10 heteroatoms. The summed E-state index contributed by atoms with van der Waals surface area (Å²) >= 11 is 0. The Balaban J connectivity index is 1.85. The molecule has 0 saturated heterocycles. The van der Waals surface area contributed by atoms with E-state index in [1.165, 1.54) is 42.3 Å². The number of hydrogen-bond acceptors (Lipinski definition) is 5. The molecule has 35 heavy (non-hydrogen) atoms. The number of carbonyl (C=O) groups is 1. The maximum atomic E-state index is 13.5. The Morgan fingerprint density at radius 2 is 1.69 bits per heavy atom. The minimum atomic E-state index is -4.26. The number of carbonyl (C=O) groups excluding carboxylic acids is 1. The molecule has 3 aromatic carbocycles. The molecule has 0 fully saturated rings. The molecule has 0 spiro atoms. The molecule has 0 bridgehead atoms. The number of ether oxygens (including phenoxy) is 1. The first-order chi connectivity index (χ1) is 16.6. The molecule has 0 unspecified atom stereocenters. The predicted molar refractivity (Wildman–Crippen MR) is 128 cm³/mol. The number of amides is 2. The van der Waals surface area contributed by atoms with E-state index in [9.17, 15) is 22.0 Å². The first-order valence-electron chi connectivity index (χ1n) is 10.8. The van der Waals surface area contributed by atoms with Gasteiger partial charge in [0.15, 0.2) is 11.5 Å². The largest absolute Gasteiger partial charge is 0.493 e. The quantitative estimate of drug-likeness (QED) is 0.393. The molecule has 7 nitrogen and oxygen atoms in total. The Kier molecular flexibility index (Phi) is 8.29. The third-order valence-corrected chi connectivity index (χ3v) is 6.10. The predicted octanol–water partition coefficient (Wildman–Crippen LogP) is 5.43. The van der Waals surface area contributed by atoms with E-state index in [-0.39, 0.29) is 28.9 Å². The fourth-order valence-corrected chi connectivity index (χ4v) is 4.23. The van der Waals surface area contributed by atoms with Gasteiger partial charge < -0.3 is 19.1 Å². The van der Waals surface area contributed by atoms with E-state index in [0.717, 1.165) is 24.3 Å². The maximum Gasteiger partial charge on any atom is 0.339 e. The minimum absolute atomic E-state index is 0.0793. The van der Waals surface area contributed by atoms with Crippen molar-refractivity contribution in [3.8, 4) is 11.5 Å². The molecule has 3 aromatic rings. The zero-order valence-corrected chi connectivity index (χ0v) is 20.3. The van der Waals surface area contributed by atoms with Crippen LogP contribution in [0.1, 0.15) is 19.4 Å². The summed E-state index contributed by atoms with van der Waals surface area (Å²) in [5, 5.41) is 2.67. The zero-order chi connectivity index (χ0) is 25.6. The highest BCUT2D eigenvalue weighted by Gasteiger charge is 2.21. The van der Waals surface area contributed by atoms with Gasteiger partial charge in [-0.15, -0.1) is 0 Å². The summed E-state index contributed by atoms with van der Waals surface area (Å²) in [7, 11) is -2.90. The van der Waals surface area contributed by atoms with Gasteiger partial charge >= 0.3 is 16.1 Å². The summed E-state index contributed by atoms with van der Waals surface area (Å²) in [4.78, 5) is 14.2. The van der Waals surface area contributed by atoms with E-state index in [1.54, 1.807) is 12.1 Å². The van der Waals surface area contributed by atoms with Gasteiger partial charge in [0.05, 0.1) is 7.11 Å². The molecular weight excluding hydrogens is 478 g/mol. The Labute approximate surface area is 203 Å². The van der Waals surface area contributed by atoms with Gasteiger partial charge in [0.1, 0.15) is 16.5 Å². The minimum Gasteiger partial charge on any atom is -0.493 e. The lowest BCUT2D eigenvalue weighted by Crippen LogP contribution is -2.37. The molecule has 0 radical (unpaired) electrons. The van der Waals surface area contributed by atoms with Crippen LogP contribution in [0.5, 0.6) is 11.5 Å². The number of anilines is 1. The van der Waals surface area contributed by atoms with Crippen molar-refractivity contribution < 1.29 is 30.9 Å². The second kappa shape index (κ2) is 11.2. The van der Waals surface area contributed by atoms with Crippen LogP contribution in [0.2, 0.25) is 0 Å². The van der Waals surface area contributed by atoms with Crippen molar-refractivity contribution in [3.63, 3.8) is 0 Å². The van der Waals surface area contributed by atoms with Crippen molar-refractivity contribution in [2.75, 3.05) is 19.0 Å². The molecule has 186 valence electrons. The van der Waals surface area contributed by atoms with E-state index in [2.05, 4.69) is 5.32 Å². The SMILES string of the molecule is COc1ccc(CN(CC(C)C)C(=O)Nc2cccc(F)c2)cc1OS(=O)(=O)c1ccc(F)cc1. The van der Waals surface area contributed by atoms with E-state index in [1.807, 2.05) is 13.8 Å². The monoisotopic (exact) mass is 504 g/mol. The van der Waals surface area contributed by atoms with E-state index in [0.29, 0.717) is 17.8 Å². The highest BCUT2D eigenvalue weighted by molar-refractivity contribution is 7.87. The Morgan fingerprint density at radius 1 is 0.971 bits per heavy atom. The molecule has 0 aliphatic carbocycles. The average Bonchev–Trinajstić information content (AvgIpc) is 2.78. The number of benzene rings is 3. The van der Waals surface area contributed by atoms with E-state index < -0.39 is 27.8 Å². The number of rotatable bonds is 9. The van der Waals surface area contributed by atoms with Crippen LogP contribution in [0.3, 0.4) is 0 Å². The number of methoxy groups -OCH3 is 1. The molecular formula is C25H26F2N2O5S. The van der Waals surface area contributed by atoms with Crippen molar-refractivity contribution in [3.05, 3.63) is 83.9 Å². The van der Waals surface area contributed by atoms with Crippen molar-refractivity contribution in [2.45, 2.75) is 25.3 Å². The number of urea groups is 1. The number of halogens is 2. The van der Waals surface area contributed by atoms with Crippen LogP contribution in [0.25, 0.3) is 0 Å². The second-order valence-corrected chi connectivity index (χ2v) is 9.74. The zero-order valence-electron chi connectivity index (χ0n) is 19.5. The molecule has 0 atom stereocenters. The molecule has 0 aliphatic heterocycles. The highest BCUT2D eigenvalue weighted by atomic mass is 32.2. The molecule has 0 aliphatic rings. The lowest BCUT2D eigenvalue weighted by molar-refractivity contribution is 0.201. The van der Waals surface area contributed by atoms with Crippen LogP contribution in [-0.2, 0) is 16.7 Å². The van der Waals surface area contributed by atoms with Crippen LogP contribution in [0.15, 0.2) is 71.6 Å². The highest BCUT2D eigenvalue weighted by Crippen LogP contribution is 2.31. The first kappa shape index (κ1) is 26.0. The molecule has 0 aromatic heterocycles. The third-order valence-electron chi connectivity index (χ3n) is 4.85. The van der Waals surface area contributed by atoms with Gasteiger partial charge in [-0.1, -0.05) is 26.0 Å². The topological polar surface area (TPSA) is 84.9 Å². The molecule has 2 amide bonds. The van der Waals surface area contributed by atoms with Gasteiger partial charge in [0.2, 0.25) is 0 Å². The summed E-state index contributed by atoms with van der Waals surface area (Å²) < 4.78 is 62.6. The molecule has 1 N–H and O–H groups in total. The number of nitrogens with zero attached hydrogens (tertiary/aromatic N) is 1. The van der Waals surface area contributed by atoms with Crippen LogP contribution in [-0.4, -0.2) is 33.0 Å². The van der Waals surface area contributed by atoms with Crippen LogP contribution < -0.4 is 14.2 Å². The summed E-state index contributed by atoms with van der Waals surface area (Å²) in [5.74, 6) is -0.840. The lowest BCUT2D eigenvalue weighted by Gasteiger charge is -2.25. The van der Waals surface area contributed by atoms with Crippen molar-refractivity contribution in [1.29, 1.82) is 0 Å². The standard InChI is InChI=1S/C25H26F2N2O5S/c1-17(2)15-29(25(30)28-21-6-4-5-20(27)14-21)16-18-7-12-23(33-3)24(13-18)34-35(31,32)22-10-8-19(26)9-11-22/h4-14,17H,15-16H2,1-3H3,(H,28,30). The fourth-order valence-electron chi connectivity index (χ4n) is 3.30. The molecule has 0 heterocycles. The third kappa shape index (κ3) is 7.16. The number of hydrogen-bond donors (Lipinski definition) is 1. The first-order valence-corrected chi connectivity index (χ1v) is 12.2. The molecule has 3 rings (SSSR count). The second-order valence-electron chi connectivity index (χ2n) is 8.19.